The molecule has 0 bridgehead atoms. The molecule has 1 atom stereocenters. The smallest absolute Gasteiger partial charge is 0.241 e. The fourth-order valence-electron chi connectivity index (χ4n) is 2.71. The summed E-state index contributed by atoms with van der Waals surface area (Å²) < 4.78 is 33.7. The molecular formula is C21H21NO3S. The Morgan fingerprint density at radius 3 is 1.88 bits per heavy atom. The van der Waals surface area contributed by atoms with Gasteiger partial charge in [-0.1, -0.05) is 60.2 Å². The number of aryl methyl sites for hydroxylation is 1. The Kier molecular flexibility index (Phi) is 5.40. The second-order valence-corrected chi connectivity index (χ2v) is 7.77. The lowest BCUT2D eigenvalue weighted by Gasteiger charge is -2.20. The van der Waals surface area contributed by atoms with Crippen LogP contribution in [0, 0.1) is 6.92 Å². The fourth-order valence-corrected chi connectivity index (χ4v) is 3.94. The summed E-state index contributed by atoms with van der Waals surface area (Å²) in [7, 11) is -2.06. The first-order valence-electron chi connectivity index (χ1n) is 8.27. The van der Waals surface area contributed by atoms with Gasteiger partial charge in [-0.15, -0.1) is 0 Å². The van der Waals surface area contributed by atoms with Crippen LogP contribution in [-0.2, 0) is 10.0 Å². The van der Waals surface area contributed by atoms with Crippen molar-refractivity contribution in [2.45, 2.75) is 17.9 Å². The van der Waals surface area contributed by atoms with Crippen LogP contribution in [0.5, 0.6) is 5.75 Å². The average Bonchev–Trinajstić information content (AvgIpc) is 2.68. The summed E-state index contributed by atoms with van der Waals surface area (Å²) in [6.07, 6.45) is 0. The van der Waals surface area contributed by atoms with E-state index in [-0.39, 0.29) is 4.90 Å². The summed E-state index contributed by atoms with van der Waals surface area (Å²) in [5.41, 5.74) is 2.84. The molecular weight excluding hydrogens is 346 g/mol. The van der Waals surface area contributed by atoms with Crippen LogP contribution in [-0.4, -0.2) is 15.5 Å². The zero-order valence-electron chi connectivity index (χ0n) is 14.7. The summed E-state index contributed by atoms with van der Waals surface area (Å²) in [4.78, 5) is 0.241. The number of nitrogens with one attached hydrogen (secondary N) is 1. The predicted molar refractivity (Wildman–Crippen MR) is 103 cm³/mol. The lowest BCUT2D eigenvalue weighted by Crippen LogP contribution is -2.29. The zero-order chi connectivity index (χ0) is 18.6. The van der Waals surface area contributed by atoms with E-state index >= 15 is 0 Å². The van der Waals surface area contributed by atoms with Gasteiger partial charge in [0, 0.05) is 0 Å². The first kappa shape index (κ1) is 18.2. The molecule has 0 aromatic heterocycles. The van der Waals surface area contributed by atoms with E-state index in [2.05, 4.69) is 4.72 Å². The molecule has 0 aliphatic heterocycles. The normalized spacial score (nSPS) is 12.5. The van der Waals surface area contributed by atoms with Gasteiger partial charge in [0.05, 0.1) is 18.0 Å². The fraction of sp³-hybridized carbons (Fsp3) is 0.143. The van der Waals surface area contributed by atoms with Gasteiger partial charge in [-0.2, -0.15) is 4.72 Å². The quantitative estimate of drug-likeness (QED) is 0.714. The summed E-state index contributed by atoms with van der Waals surface area (Å²) in [5.74, 6) is 0.724. The van der Waals surface area contributed by atoms with E-state index in [4.69, 9.17) is 4.74 Å². The monoisotopic (exact) mass is 367 g/mol. The van der Waals surface area contributed by atoms with Crippen LogP contribution in [0.3, 0.4) is 0 Å². The van der Waals surface area contributed by atoms with Crippen LogP contribution in [0.15, 0.2) is 83.8 Å². The standard InChI is InChI=1S/C21H21NO3S/c1-16-8-10-17(11-9-16)21(18-12-14-19(25-2)15-13-18)22-26(23,24)20-6-4-3-5-7-20/h3-15,21-22H,1-2H3. The third-order valence-electron chi connectivity index (χ3n) is 4.19. The van der Waals surface area contributed by atoms with Crippen molar-refractivity contribution in [1.82, 2.24) is 4.72 Å². The van der Waals surface area contributed by atoms with E-state index in [1.54, 1.807) is 37.4 Å². The van der Waals surface area contributed by atoms with Crippen LogP contribution >= 0.6 is 0 Å². The van der Waals surface area contributed by atoms with Crippen LogP contribution < -0.4 is 9.46 Å². The van der Waals surface area contributed by atoms with Crippen LogP contribution in [0.4, 0.5) is 0 Å². The van der Waals surface area contributed by atoms with Crippen molar-refractivity contribution in [2.24, 2.45) is 0 Å². The minimum Gasteiger partial charge on any atom is -0.497 e. The third-order valence-corrected chi connectivity index (χ3v) is 5.63. The number of ether oxygens (including phenoxy) is 1. The summed E-state index contributed by atoms with van der Waals surface area (Å²) in [6.45, 7) is 2.00. The number of benzene rings is 3. The van der Waals surface area contributed by atoms with Crippen molar-refractivity contribution in [2.75, 3.05) is 7.11 Å². The zero-order valence-corrected chi connectivity index (χ0v) is 15.5. The molecule has 0 amide bonds. The molecule has 1 unspecified atom stereocenters. The van der Waals surface area contributed by atoms with E-state index in [0.29, 0.717) is 0 Å². The number of hydrogen-bond donors (Lipinski definition) is 1. The first-order chi connectivity index (χ1) is 12.5. The Morgan fingerprint density at radius 2 is 1.35 bits per heavy atom. The van der Waals surface area contributed by atoms with Gasteiger partial charge in [-0.05, 0) is 42.3 Å². The lowest BCUT2D eigenvalue weighted by molar-refractivity contribution is 0.414. The largest absolute Gasteiger partial charge is 0.497 e. The van der Waals surface area contributed by atoms with Gasteiger partial charge >= 0.3 is 0 Å². The van der Waals surface area contributed by atoms with Gasteiger partial charge in [0.25, 0.3) is 0 Å². The maximum Gasteiger partial charge on any atom is 0.241 e. The molecule has 134 valence electrons. The minimum atomic E-state index is -3.66. The molecule has 0 saturated carbocycles. The van der Waals surface area contributed by atoms with Gasteiger partial charge in [0.15, 0.2) is 0 Å². The summed E-state index contributed by atoms with van der Waals surface area (Å²) >= 11 is 0. The SMILES string of the molecule is COc1ccc(C(NS(=O)(=O)c2ccccc2)c2ccc(C)cc2)cc1. The second kappa shape index (κ2) is 7.72. The van der Waals surface area contributed by atoms with Gasteiger partial charge in [0.1, 0.15) is 5.75 Å². The number of sulfonamides is 1. The molecule has 0 spiro atoms. The van der Waals surface area contributed by atoms with Crippen LogP contribution in [0.1, 0.15) is 22.7 Å². The van der Waals surface area contributed by atoms with Crippen molar-refractivity contribution in [1.29, 1.82) is 0 Å². The van der Waals surface area contributed by atoms with E-state index < -0.39 is 16.1 Å². The van der Waals surface area contributed by atoms with E-state index in [1.807, 2.05) is 55.5 Å². The maximum atomic E-state index is 12.8. The van der Waals surface area contributed by atoms with Crippen LogP contribution in [0.25, 0.3) is 0 Å². The molecule has 0 radical (unpaired) electrons. The summed E-state index contributed by atoms with van der Waals surface area (Å²) in [5, 5.41) is 0. The van der Waals surface area contributed by atoms with Crippen molar-refractivity contribution < 1.29 is 13.2 Å². The maximum absolute atomic E-state index is 12.8. The molecule has 26 heavy (non-hydrogen) atoms. The Balaban J connectivity index is 2.01. The van der Waals surface area contributed by atoms with Gasteiger partial charge in [0.2, 0.25) is 10.0 Å². The molecule has 5 heteroatoms. The molecule has 0 aliphatic carbocycles. The molecule has 0 saturated heterocycles. The van der Waals surface area contributed by atoms with Gasteiger partial charge in [-0.25, -0.2) is 8.42 Å². The van der Waals surface area contributed by atoms with Gasteiger partial charge < -0.3 is 4.74 Å². The number of hydrogen-bond acceptors (Lipinski definition) is 3. The highest BCUT2D eigenvalue weighted by atomic mass is 32.2. The average molecular weight is 367 g/mol. The molecule has 3 aromatic rings. The molecule has 0 fully saturated rings. The van der Waals surface area contributed by atoms with Crippen molar-refractivity contribution >= 4 is 10.0 Å². The lowest BCUT2D eigenvalue weighted by atomic mass is 9.99. The third kappa shape index (κ3) is 4.12. The molecule has 4 nitrogen and oxygen atoms in total. The highest BCUT2D eigenvalue weighted by molar-refractivity contribution is 7.89. The molecule has 0 heterocycles. The van der Waals surface area contributed by atoms with E-state index in [9.17, 15) is 8.42 Å². The van der Waals surface area contributed by atoms with E-state index in [0.717, 1.165) is 22.4 Å². The van der Waals surface area contributed by atoms with E-state index in [1.165, 1.54) is 0 Å². The van der Waals surface area contributed by atoms with Gasteiger partial charge in [-0.3, -0.25) is 0 Å². The van der Waals surface area contributed by atoms with Crippen molar-refractivity contribution in [3.05, 3.63) is 95.6 Å². The van der Waals surface area contributed by atoms with Crippen molar-refractivity contribution in [3.8, 4) is 5.75 Å². The second-order valence-electron chi connectivity index (χ2n) is 6.05. The number of rotatable bonds is 6. The topological polar surface area (TPSA) is 55.4 Å². The molecule has 3 aromatic carbocycles. The Morgan fingerprint density at radius 1 is 0.808 bits per heavy atom. The molecule has 1 N–H and O–H groups in total. The Bertz CT molecular complexity index is 950. The Labute approximate surface area is 154 Å². The molecule has 0 aliphatic rings. The predicted octanol–water partition coefficient (Wildman–Crippen LogP) is 4.07. The van der Waals surface area contributed by atoms with Crippen LogP contribution in [0.2, 0.25) is 0 Å². The first-order valence-corrected chi connectivity index (χ1v) is 9.76. The Hall–Kier alpha value is -2.63. The number of methoxy groups -OCH3 is 1. The van der Waals surface area contributed by atoms with Crippen molar-refractivity contribution in [3.63, 3.8) is 0 Å². The minimum absolute atomic E-state index is 0.241. The highest BCUT2D eigenvalue weighted by Crippen LogP contribution is 2.26. The summed E-state index contributed by atoms with van der Waals surface area (Å²) in [6, 6.07) is 23.1. The molecule has 3 rings (SSSR count). The highest BCUT2D eigenvalue weighted by Gasteiger charge is 2.22.